The zero-order valence-corrected chi connectivity index (χ0v) is 8.55. The lowest BCUT2D eigenvalue weighted by molar-refractivity contribution is 0.409. The molecule has 0 aliphatic carbocycles. The van der Waals surface area contributed by atoms with Crippen molar-refractivity contribution in [1.82, 2.24) is 10.1 Å². The number of hydrogen-bond acceptors (Lipinski definition) is 4. The normalized spacial score (nSPS) is 10.0. The van der Waals surface area contributed by atoms with Crippen LogP contribution in [-0.2, 0) is 0 Å². The molecule has 0 amide bonds. The van der Waals surface area contributed by atoms with Gasteiger partial charge < -0.3 is 9.63 Å². The van der Waals surface area contributed by atoms with Gasteiger partial charge in [0.05, 0.1) is 0 Å². The summed E-state index contributed by atoms with van der Waals surface area (Å²) in [6, 6.07) is 6.63. The summed E-state index contributed by atoms with van der Waals surface area (Å²) in [5.74, 6) is 0.897. The van der Waals surface area contributed by atoms with Crippen molar-refractivity contribution in [3.05, 3.63) is 49.4 Å². The third kappa shape index (κ3) is 1.86. The molecule has 2 rings (SSSR count). The highest BCUT2D eigenvalue weighted by Crippen LogP contribution is 2.22. The van der Waals surface area contributed by atoms with Crippen LogP contribution in [0.1, 0.15) is 5.89 Å². The van der Waals surface area contributed by atoms with Crippen molar-refractivity contribution >= 4 is 5.57 Å². The summed E-state index contributed by atoms with van der Waals surface area (Å²) >= 11 is 0. The fraction of sp³-hybridized carbons (Fsp3) is 0. The molecule has 0 saturated heterocycles. The van der Waals surface area contributed by atoms with Crippen molar-refractivity contribution in [2.24, 2.45) is 0 Å². The Bertz CT molecular complexity index is 543. The molecule has 0 atom stereocenters. The molecule has 16 heavy (non-hydrogen) atoms. The number of aromatic nitrogens is 2. The van der Waals surface area contributed by atoms with E-state index in [0.717, 1.165) is 0 Å². The van der Waals surface area contributed by atoms with Crippen molar-refractivity contribution in [3.63, 3.8) is 0 Å². The lowest BCUT2D eigenvalue weighted by Gasteiger charge is -1.94. The highest BCUT2D eigenvalue weighted by atomic mass is 16.5. The van der Waals surface area contributed by atoms with E-state index < -0.39 is 0 Å². The van der Waals surface area contributed by atoms with Gasteiger partial charge in [-0.25, -0.2) is 0 Å². The van der Waals surface area contributed by atoms with E-state index in [1.54, 1.807) is 30.3 Å². The maximum absolute atomic E-state index is 9.32. The molecule has 0 fully saturated rings. The minimum atomic E-state index is 0.159. The van der Waals surface area contributed by atoms with Crippen molar-refractivity contribution in [2.45, 2.75) is 0 Å². The van der Waals surface area contributed by atoms with Crippen LogP contribution in [0, 0.1) is 0 Å². The van der Waals surface area contributed by atoms with Crippen molar-refractivity contribution in [3.8, 4) is 17.1 Å². The molecule has 1 aromatic carbocycles. The van der Waals surface area contributed by atoms with E-state index in [2.05, 4.69) is 23.3 Å². The number of benzene rings is 1. The highest BCUT2D eigenvalue weighted by molar-refractivity contribution is 5.67. The van der Waals surface area contributed by atoms with Crippen molar-refractivity contribution < 1.29 is 9.63 Å². The molecule has 4 nitrogen and oxygen atoms in total. The molecule has 0 saturated carbocycles. The summed E-state index contributed by atoms with van der Waals surface area (Å²) in [5.41, 5.74) is 1.26. The van der Waals surface area contributed by atoms with Crippen LogP contribution in [-0.4, -0.2) is 15.2 Å². The van der Waals surface area contributed by atoms with Gasteiger partial charge in [-0.05, 0) is 12.1 Å². The second kappa shape index (κ2) is 4.02. The highest BCUT2D eigenvalue weighted by Gasteiger charge is 2.09. The number of rotatable bonds is 3. The first kappa shape index (κ1) is 10.2. The summed E-state index contributed by atoms with van der Waals surface area (Å²) in [6.45, 7) is 7.27. The Kier molecular flexibility index (Phi) is 2.55. The third-order valence-corrected chi connectivity index (χ3v) is 2.05. The minimum Gasteiger partial charge on any atom is -0.508 e. The quantitative estimate of drug-likeness (QED) is 0.798. The number of aromatic hydroxyl groups is 1. The molecular formula is C12H10N2O2. The fourth-order valence-corrected chi connectivity index (χ4v) is 1.20. The standard InChI is InChI=1S/C12H10N2O2/c1-3-8(2)12-13-11(14-16-12)9-5-4-6-10(15)7-9/h3-7,15H,1-2H2. The van der Waals surface area contributed by atoms with Gasteiger partial charge in [-0.3, -0.25) is 0 Å². The van der Waals surface area contributed by atoms with Gasteiger partial charge in [-0.15, -0.1) is 0 Å². The minimum absolute atomic E-state index is 0.159. The Morgan fingerprint density at radius 1 is 1.44 bits per heavy atom. The first-order valence-corrected chi connectivity index (χ1v) is 4.65. The SMILES string of the molecule is C=CC(=C)c1nc(-c2cccc(O)c2)no1. The van der Waals surface area contributed by atoms with Crippen LogP contribution in [0.3, 0.4) is 0 Å². The summed E-state index contributed by atoms with van der Waals surface area (Å²) in [7, 11) is 0. The molecule has 0 bridgehead atoms. The predicted octanol–water partition coefficient (Wildman–Crippen LogP) is 2.64. The van der Waals surface area contributed by atoms with Gasteiger partial charge in [0.25, 0.3) is 5.89 Å². The zero-order valence-electron chi connectivity index (χ0n) is 8.55. The Morgan fingerprint density at radius 2 is 2.25 bits per heavy atom. The lowest BCUT2D eigenvalue weighted by atomic mass is 10.2. The van der Waals surface area contributed by atoms with Gasteiger partial charge in [0.1, 0.15) is 5.75 Å². The van der Waals surface area contributed by atoms with Crippen LogP contribution in [0.2, 0.25) is 0 Å². The molecule has 0 aliphatic rings. The van der Waals surface area contributed by atoms with E-state index in [4.69, 9.17) is 4.52 Å². The van der Waals surface area contributed by atoms with E-state index in [0.29, 0.717) is 22.9 Å². The summed E-state index contributed by atoms with van der Waals surface area (Å²) in [6.07, 6.45) is 1.54. The molecule has 0 spiro atoms. The second-order valence-electron chi connectivity index (χ2n) is 3.20. The van der Waals surface area contributed by atoms with Crippen LogP contribution < -0.4 is 0 Å². The monoisotopic (exact) mass is 214 g/mol. The van der Waals surface area contributed by atoms with Gasteiger partial charge in [0, 0.05) is 11.1 Å². The van der Waals surface area contributed by atoms with Crippen LogP contribution in [0.5, 0.6) is 5.75 Å². The molecule has 1 aromatic heterocycles. The average molecular weight is 214 g/mol. The second-order valence-corrected chi connectivity index (χ2v) is 3.20. The number of allylic oxidation sites excluding steroid dienone is 2. The maximum atomic E-state index is 9.32. The Morgan fingerprint density at radius 3 is 2.94 bits per heavy atom. The zero-order chi connectivity index (χ0) is 11.5. The summed E-state index contributed by atoms with van der Waals surface area (Å²) < 4.78 is 5.00. The maximum Gasteiger partial charge on any atom is 0.257 e. The average Bonchev–Trinajstić information content (AvgIpc) is 2.77. The molecule has 1 N–H and O–H groups in total. The first-order valence-electron chi connectivity index (χ1n) is 4.65. The van der Waals surface area contributed by atoms with Gasteiger partial charge in [-0.2, -0.15) is 4.98 Å². The fourth-order valence-electron chi connectivity index (χ4n) is 1.20. The first-order chi connectivity index (χ1) is 7.70. The largest absolute Gasteiger partial charge is 0.508 e. The molecule has 4 heteroatoms. The molecular weight excluding hydrogens is 204 g/mol. The van der Waals surface area contributed by atoms with Gasteiger partial charge in [0.2, 0.25) is 5.82 Å². The van der Waals surface area contributed by atoms with Crippen LogP contribution >= 0.6 is 0 Å². The lowest BCUT2D eigenvalue weighted by Crippen LogP contribution is -1.81. The van der Waals surface area contributed by atoms with Crippen molar-refractivity contribution in [2.75, 3.05) is 0 Å². The van der Waals surface area contributed by atoms with Crippen LogP contribution in [0.4, 0.5) is 0 Å². The molecule has 0 aliphatic heterocycles. The predicted molar refractivity (Wildman–Crippen MR) is 60.6 cm³/mol. The Hall–Kier alpha value is -2.36. The van der Waals surface area contributed by atoms with Crippen molar-refractivity contribution in [1.29, 1.82) is 0 Å². The Labute approximate surface area is 92.5 Å². The molecule has 0 radical (unpaired) electrons. The number of nitrogens with zero attached hydrogens (tertiary/aromatic N) is 2. The molecule has 1 heterocycles. The smallest absolute Gasteiger partial charge is 0.257 e. The number of phenols is 1. The summed E-state index contributed by atoms with van der Waals surface area (Å²) in [5, 5.41) is 13.1. The summed E-state index contributed by atoms with van der Waals surface area (Å²) in [4.78, 5) is 4.13. The van der Waals surface area contributed by atoms with E-state index >= 15 is 0 Å². The van der Waals surface area contributed by atoms with Gasteiger partial charge >= 0.3 is 0 Å². The molecule has 0 unspecified atom stereocenters. The number of phenolic OH excluding ortho intramolecular Hbond substituents is 1. The van der Waals surface area contributed by atoms with E-state index in [-0.39, 0.29) is 5.75 Å². The van der Waals surface area contributed by atoms with Crippen LogP contribution in [0.15, 0.2) is 48.0 Å². The Balaban J connectivity index is 2.38. The molecule has 2 aromatic rings. The van der Waals surface area contributed by atoms with Gasteiger partial charge in [0.15, 0.2) is 0 Å². The van der Waals surface area contributed by atoms with Crippen LogP contribution in [0.25, 0.3) is 17.0 Å². The van der Waals surface area contributed by atoms with Gasteiger partial charge in [-0.1, -0.05) is 36.5 Å². The number of hydrogen-bond donors (Lipinski definition) is 1. The third-order valence-electron chi connectivity index (χ3n) is 2.05. The topological polar surface area (TPSA) is 59.2 Å². The van der Waals surface area contributed by atoms with E-state index in [1.807, 2.05) is 0 Å². The van der Waals surface area contributed by atoms with E-state index in [1.165, 1.54) is 0 Å². The molecule has 80 valence electrons. The van der Waals surface area contributed by atoms with E-state index in [9.17, 15) is 5.11 Å².